The monoisotopic (exact) mass is 371 g/mol. The van der Waals surface area contributed by atoms with Gasteiger partial charge in [0.25, 0.3) is 0 Å². The molecule has 142 valence electrons. The lowest BCUT2D eigenvalue weighted by molar-refractivity contribution is -0.153. The number of hydrogen-bond donors (Lipinski definition) is 2. The fourth-order valence-corrected chi connectivity index (χ4v) is 1.69. The van der Waals surface area contributed by atoms with Crippen molar-refractivity contribution >= 4 is 5.96 Å². The molecule has 0 radical (unpaired) electrons. The van der Waals surface area contributed by atoms with Crippen LogP contribution in [0.25, 0.3) is 0 Å². The van der Waals surface area contributed by atoms with Crippen molar-refractivity contribution in [2.45, 2.75) is 32.2 Å². The van der Waals surface area contributed by atoms with Crippen LogP contribution in [-0.2, 0) is 6.54 Å². The molecule has 0 aliphatic rings. The summed E-state index contributed by atoms with van der Waals surface area (Å²) in [5, 5.41) is 5.37. The van der Waals surface area contributed by atoms with Crippen molar-refractivity contribution in [3.8, 4) is 5.75 Å². The SMILES string of the molecule is CCNC(=NCc1ccc(OCC(F)(F)F)cc1)NCCC(F)(F)F. The third kappa shape index (κ3) is 10.4. The van der Waals surface area contributed by atoms with E-state index in [1.165, 1.54) is 24.3 Å². The van der Waals surface area contributed by atoms with Gasteiger partial charge in [-0.2, -0.15) is 26.3 Å². The second-order valence-corrected chi connectivity index (χ2v) is 5.03. The van der Waals surface area contributed by atoms with Crippen LogP contribution in [-0.4, -0.2) is 38.0 Å². The van der Waals surface area contributed by atoms with Crippen molar-refractivity contribution in [2.24, 2.45) is 4.99 Å². The normalized spacial score (nSPS) is 12.8. The van der Waals surface area contributed by atoms with E-state index in [-0.39, 0.29) is 24.8 Å². The second kappa shape index (κ2) is 9.38. The van der Waals surface area contributed by atoms with Crippen LogP contribution in [0.1, 0.15) is 18.9 Å². The number of hydrogen-bond acceptors (Lipinski definition) is 2. The zero-order valence-corrected chi connectivity index (χ0v) is 13.5. The molecule has 2 N–H and O–H groups in total. The highest BCUT2D eigenvalue weighted by atomic mass is 19.4. The Labute approximate surface area is 141 Å². The molecule has 0 fully saturated rings. The summed E-state index contributed by atoms with van der Waals surface area (Å²) in [7, 11) is 0. The first-order valence-corrected chi connectivity index (χ1v) is 7.46. The second-order valence-electron chi connectivity index (χ2n) is 5.03. The van der Waals surface area contributed by atoms with Gasteiger partial charge < -0.3 is 15.4 Å². The molecule has 0 heterocycles. The summed E-state index contributed by atoms with van der Waals surface area (Å²) in [6.45, 7) is 0.717. The van der Waals surface area contributed by atoms with E-state index < -0.39 is 25.4 Å². The molecule has 0 aliphatic heterocycles. The van der Waals surface area contributed by atoms with E-state index in [9.17, 15) is 26.3 Å². The number of nitrogens with one attached hydrogen (secondary N) is 2. The molecule has 1 rings (SSSR count). The van der Waals surface area contributed by atoms with E-state index in [0.29, 0.717) is 12.1 Å². The number of rotatable bonds is 7. The molecule has 0 aromatic heterocycles. The predicted octanol–water partition coefficient (Wildman–Crippen LogP) is 3.64. The Kier molecular flexibility index (Phi) is 7.85. The Bertz CT molecular complexity index is 540. The molecule has 0 spiro atoms. The number of aliphatic imine (C=N–C) groups is 1. The first kappa shape index (κ1) is 20.9. The third-order valence-electron chi connectivity index (χ3n) is 2.79. The molecule has 0 bridgehead atoms. The van der Waals surface area contributed by atoms with Crippen molar-refractivity contribution in [1.82, 2.24) is 10.6 Å². The lowest BCUT2D eigenvalue weighted by atomic mass is 10.2. The summed E-state index contributed by atoms with van der Waals surface area (Å²) in [5.41, 5.74) is 0.674. The van der Waals surface area contributed by atoms with Crippen molar-refractivity contribution in [2.75, 3.05) is 19.7 Å². The van der Waals surface area contributed by atoms with E-state index in [1.807, 2.05) is 0 Å². The average Bonchev–Trinajstić information content (AvgIpc) is 2.49. The summed E-state index contributed by atoms with van der Waals surface area (Å²) < 4.78 is 77.1. The van der Waals surface area contributed by atoms with Gasteiger partial charge >= 0.3 is 12.4 Å². The molecule has 4 nitrogen and oxygen atoms in total. The Morgan fingerprint density at radius 2 is 1.64 bits per heavy atom. The number of benzene rings is 1. The lowest BCUT2D eigenvalue weighted by Gasteiger charge is -2.12. The molecule has 0 amide bonds. The molecule has 0 saturated heterocycles. The Hall–Kier alpha value is -2.13. The summed E-state index contributed by atoms with van der Waals surface area (Å²) >= 11 is 0. The Morgan fingerprint density at radius 1 is 1.00 bits per heavy atom. The van der Waals surface area contributed by atoms with Gasteiger partial charge in [-0.25, -0.2) is 4.99 Å². The fourth-order valence-electron chi connectivity index (χ4n) is 1.69. The number of nitrogens with zero attached hydrogens (tertiary/aromatic N) is 1. The van der Waals surface area contributed by atoms with Crippen LogP contribution in [0, 0.1) is 0 Å². The van der Waals surface area contributed by atoms with Gasteiger partial charge in [-0.1, -0.05) is 12.1 Å². The van der Waals surface area contributed by atoms with Crippen LogP contribution in [0.2, 0.25) is 0 Å². The minimum Gasteiger partial charge on any atom is -0.484 e. The van der Waals surface area contributed by atoms with Gasteiger partial charge in [0, 0.05) is 13.1 Å². The molecule has 25 heavy (non-hydrogen) atoms. The number of alkyl halides is 6. The number of guanidine groups is 1. The molecule has 0 saturated carbocycles. The maximum Gasteiger partial charge on any atom is 0.422 e. The highest BCUT2D eigenvalue weighted by Gasteiger charge is 2.28. The molecular formula is C15H19F6N3O. The van der Waals surface area contributed by atoms with E-state index in [1.54, 1.807) is 6.92 Å². The van der Waals surface area contributed by atoms with Gasteiger partial charge in [0.1, 0.15) is 5.75 Å². The molecular weight excluding hydrogens is 352 g/mol. The van der Waals surface area contributed by atoms with Gasteiger partial charge in [0.2, 0.25) is 0 Å². The summed E-state index contributed by atoms with van der Waals surface area (Å²) in [5.74, 6) is 0.296. The minimum atomic E-state index is -4.41. The maximum absolute atomic E-state index is 12.1. The van der Waals surface area contributed by atoms with Crippen molar-refractivity contribution in [3.63, 3.8) is 0 Å². The summed E-state index contributed by atoms with van der Waals surface area (Å²) in [6.07, 6.45) is -9.65. The minimum absolute atomic E-state index is 0.0697. The molecule has 0 aliphatic carbocycles. The smallest absolute Gasteiger partial charge is 0.422 e. The molecule has 10 heteroatoms. The zero-order chi connectivity index (χ0) is 18.9. The largest absolute Gasteiger partial charge is 0.484 e. The molecule has 0 unspecified atom stereocenters. The third-order valence-corrected chi connectivity index (χ3v) is 2.79. The Balaban J connectivity index is 2.54. The quantitative estimate of drug-likeness (QED) is 0.437. The van der Waals surface area contributed by atoms with Crippen LogP contribution in [0.5, 0.6) is 5.75 Å². The standard InChI is InChI=1S/C15H19F6N3O/c1-2-22-13(23-8-7-14(16,17)18)24-9-11-3-5-12(6-4-11)25-10-15(19,20)21/h3-6H,2,7-10H2,1H3,(H2,22,23,24). The molecule has 1 aromatic rings. The van der Waals surface area contributed by atoms with Gasteiger partial charge in [0.05, 0.1) is 13.0 Å². The number of halogens is 6. The first-order chi connectivity index (χ1) is 11.6. The topological polar surface area (TPSA) is 45.7 Å². The van der Waals surface area contributed by atoms with Crippen LogP contribution < -0.4 is 15.4 Å². The van der Waals surface area contributed by atoms with E-state index in [2.05, 4.69) is 20.4 Å². The van der Waals surface area contributed by atoms with E-state index >= 15 is 0 Å². The highest BCUT2D eigenvalue weighted by Crippen LogP contribution is 2.19. The van der Waals surface area contributed by atoms with Gasteiger partial charge in [-0.05, 0) is 24.6 Å². The Morgan fingerprint density at radius 3 is 2.16 bits per heavy atom. The molecule has 1 aromatic carbocycles. The maximum atomic E-state index is 12.1. The van der Waals surface area contributed by atoms with Crippen LogP contribution >= 0.6 is 0 Å². The van der Waals surface area contributed by atoms with Crippen LogP contribution in [0.4, 0.5) is 26.3 Å². The van der Waals surface area contributed by atoms with Crippen molar-refractivity contribution in [3.05, 3.63) is 29.8 Å². The van der Waals surface area contributed by atoms with Gasteiger partial charge in [-0.15, -0.1) is 0 Å². The van der Waals surface area contributed by atoms with Crippen LogP contribution in [0.3, 0.4) is 0 Å². The number of ether oxygens (including phenoxy) is 1. The fraction of sp³-hybridized carbons (Fsp3) is 0.533. The van der Waals surface area contributed by atoms with Crippen molar-refractivity contribution < 1.29 is 31.1 Å². The zero-order valence-electron chi connectivity index (χ0n) is 13.5. The average molecular weight is 371 g/mol. The van der Waals surface area contributed by atoms with Crippen LogP contribution in [0.15, 0.2) is 29.3 Å². The van der Waals surface area contributed by atoms with E-state index in [4.69, 9.17) is 0 Å². The summed E-state index contributed by atoms with van der Waals surface area (Å²) in [4.78, 5) is 4.12. The first-order valence-electron chi connectivity index (χ1n) is 7.46. The summed E-state index contributed by atoms with van der Waals surface area (Å²) in [6, 6.07) is 5.82. The van der Waals surface area contributed by atoms with Gasteiger partial charge in [-0.3, -0.25) is 0 Å². The van der Waals surface area contributed by atoms with Crippen molar-refractivity contribution in [1.29, 1.82) is 0 Å². The van der Waals surface area contributed by atoms with E-state index in [0.717, 1.165) is 0 Å². The molecule has 0 atom stereocenters. The predicted molar refractivity (Wildman–Crippen MR) is 81.5 cm³/mol. The highest BCUT2D eigenvalue weighted by molar-refractivity contribution is 5.79. The van der Waals surface area contributed by atoms with Gasteiger partial charge in [0.15, 0.2) is 12.6 Å². The lowest BCUT2D eigenvalue weighted by Crippen LogP contribution is -2.38.